The van der Waals surface area contributed by atoms with Crippen molar-refractivity contribution in [2.24, 2.45) is 0 Å². The van der Waals surface area contributed by atoms with E-state index in [-0.39, 0.29) is 23.5 Å². The zero-order chi connectivity index (χ0) is 21.7. The van der Waals surface area contributed by atoms with Crippen LogP contribution in [0.1, 0.15) is 21.6 Å². The Bertz CT molecular complexity index is 1280. The number of nitrogens with zero attached hydrogens (tertiary/aromatic N) is 2. The average molecular weight is 443 g/mol. The first-order valence-electron chi connectivity index (χ1n) is 9.72. The Morgan fingerprint density at radius 3 is 2.52 bits per heavy atom. The standard InChI is InChI=1S/C22H17ClF2N4O2/c23-13-1-2-18-12(7-13)10-26-6-5-17-19(3-4-21(30)27-17)29-11-28(18)20-9-16(25)15(24)8-14(20)22(29)31/h1-4,7-9,26H,5-6,10-11H2,(H,27,30). The van der Waals surface area contributed by atoms with E-state index in [0.29, 0.717) is 35.9 Å². The maximum absolute atomic E-state index is 14.2. The summed E-state index contributed by atoms with van der Waals surface area (Å²) in [6.45, 7) is 1.06. The number of carbonyl (C=O) groups excluding carboxylic acids is 1. The Hall–Kier alpha value is -3.23. The molecule has 0 atom stereocenters. The number of pyridine rings is 1. The molecule has 6 nitrogen and oxygen atoms in total. The minimum absolute atomic E-state index is 0.0374. The van der Waals surface area contributed by atoms with Gasteiger partial charge in [0, 0.05) is 48.0 Å². The van der Waals surface area contributed by atoms with E-state index in [1.54, 1.807) is 29.2 Å². The van der Waals surface area contributed by atoms with Crippen molar-refractivity contribution < 1.29 is 13.6 Å². The fraction of sp³-hybridized carbons (Fsp3) is 0.182. The van der Waals surface area contributed by atoms with E-state index in [4.69, 9.17) is 11.6 Å². The Kier molecular flexibility index (Phi) is 4.75. The van der Waals surface area contributed by atoms with Crippen molar-refractivity contribution in [1.29, 1.82) is 0 Å². The highest BCUT2D eigenvalue weighted by atomic mass is 35.5. The van der Waals surface area contributed by atoms with Crippen molar-refractivity contribution in [3.8, 4) is 0 Å². The van der Waals surface area contributed by atoms with Gasteiger partial charge in [-0.1, -0.05) is 11.6 Å². The summed E-state index contributed by atoms with van der Waals surface area (Å²) in [7, 11) is 0. The molecular formula is C22H17ClF2N4O2. The number of H-pyrrole nitrogens is 1. The molecule has 9 heteroatoms. The third-order valence-corrected chi connectivity index (χ3v) is 5.79. The summed E-state index contributed by atoms with van der Waals surface area (Å²) in [5, 5.41) is 3.86. The molecule has 0 radical (unpaired) electrons. The van der Waals surface area contributed by atoms with Crippen LogP contribution in [0.2, 0.25) is 5.02 Å². The van der Waals surface area contributed by atoms with Crippen molar-refractivity contribution in [3.63, 3.8) is 0 Å². The molecule has 0 spiro atoms. The van der Waals surface area contributed by atoms with Crippen molar-refractivity contribution in [1.82, 2.24) is 10.3 Å². The van der Waals surface area contributed by atoms with Gasteiger partial charge in [0.15, 0.2) is 11.6 Å². The molecule has 2 aromatic carbocycles. The van der Waals surface area contributed by atoms with Gasteiger partial charge < -0.3 is 15.2 Å². The number of nitrogens with one attached hydrogen (secondary N) is 2. The van der Waals surface area contributed by atoms with Gasteiger partial charge in [-0.15, -0.1) is 0 Å². The summed E-state index contributed by atoms with van der Waals surface area (Å²) in [6, 6.07) is 10.2. The molecule has 31 heavy (non-hydrogen) atoms. The Morgan fingerprint density at radius 2 is 1.68 bits per heavy atom. The van der Waals surface area contributed by atoms with Gasteiger partial charge in [0.25, 0.3) is 5.91 Å². The molecule has 2 aliphatic rings. The van der Waals surface area contributed by atoms with Gasteiger partial charge in [0.05, 0.1) is 16.9 Å². The Morgan fingerprint density at radius 1 is 0.903 bits per heavy atom. The highest BCUT2D eigenvalue weighted by Crippen LogP contribution is 2.39. The monoisotopic (exact) mass is 442 g/mol. The lowest BCUT2D eigenvalue weighted by molar-refractivity contribution is 0.0982. The maximum atomic E-state index is 14.2. The minimum atomic E-state index is -1.10. The molecule has 2 aliphatic heterocycles. The zero-order valence-corrected chi connectivity index (χ0v) is 17.0. The van der Waals surface area contributed by atoms with Crippen LogP contribution in [0.4, 0.5) is 25.8 Å². The van der Waals surface area contributed by atoms with E-state index in [0.717, 1.165) is 23.4 Å². The predicted molar refractivity (Wildman–Crippen MR) is 114 cm³/mol. The number of anilines is 3. The lowest BCUT2D eigenvalue weighted by atomic mass is 10.0. The molecule has 5 rings (SSSR count). The van der Waals surface area contributed by atoms with Crippen LogP contribution in [-0.4, -0.2) is 24.1 Å². The van der Waals surface area contributed by atoms with Crippen LogP contribution in [0.5, 0.6) is 0 Å². The van der Waals surface area contributed by atoms with Crippen molar-refractivity contribution in [3.05, 3.63) is 86.3 Å². The first-order valence-corrected chi connectivity index (χ1v) is 10.1. The smallest absolute Gasteiger partial charge is 0.262 e. The molecule has 3 heterocycles. The van der Waals surface area contributed by atoms with Crippen LogP contribution in [0, 0.1) is 11.6 Å². The van der Waals surface area contributed by atoms with Crippen molar-refractivity contribution in [2.45, 2.75) is 13.0 Å². The first kappa shape index (κ1) is 19.7. The molecule has 0 unspecified atom stereocenters. The molecule has 0 aliphatic carbocycles. The number of carbonyl (C=O) groups is 1. The Labute approximate surface area is 181 Å². The molecule has 0 saturated carbocycles. The minimum Gasteiger partial charge on any atom is -0.324 e. The molecule has 158 valence electrons. The van der Waals surface area contributed by atoms with Crippen molar-refractivity contribution in [2.75, 3.05) is 23.0 Å². The van der Waals surface area contributed by atoms with Gasteiger partial charge in [-0.25, -0.2) is 8.78 Å². The van der Waals surface area contributed by atoms with Crippen LogP contribution >= 0.6 is 11.6 Å². The van der Waals surface area contributed by atoms with Crippen molar-refractivity contribution >= 4 is 34.6 Å². The normalized spacial score (nSPS) is 15.6. The van der Waals surface area contributed by atoms with E-state index in [1.807, 2.05) is 0 Å². The molecule has 0 fully saturated rings. The molecule has 1 amide bonds. The lowest BCUT2D eigenvalue weighted by Gasteiger charge is -2.39. The Balaban J connectivity index is 1.78. The van der Waals surface area contributed by atoms with Gasteiger partial charge in [0.1, 0.15) is 6.67 Å². The van der Waals surface area contributed by atoms with Crippen LogP contribution in [0.3, 0.4) is 0 Å². The van der Waals surface area contributed by atoms with Gasteiger partial charge in [-0.2, -0.15) is 0 Å². The summed E-state index contributed by atoms with van der Waals surface area (Å²) in [6.07, 6.45) is 0.468. The number of fused-ring (bicyclic) bond motifs is 8. The highest BCUT2D eigenvalue weighted by molar-refractivity contribution is 6.30. The van der Waals surface area contributed by atoms with Crippen LogP contribution in [0.25, 0.3) is 0 Å². The van der Waals surface area contributed by atoms with E-state index >= 15 is 0 Å². The van der Waals surface area contributed by atoms with E-state index in [1.165, 1.54) is 11.0 Å². The molecule has 0 saturated heterocycles. The molecular weight excluding hydrogens is 426 g/mol. The summed E-state index contributed by atoms with van der Waals surface area (Å²) >= 11 is 6.21. The second kappa shape index (κ2) is 7.47. The number of hydrogen-bond donors (Lipinski definition) is 2. The number of rotatable bonds is 0. The van der Waals surface area contributed by atoms with Gasteiger partial charge in [-0.3, -0.25) is 14.5 Å². The van der Waals surface area contributed by atoms with Gasteiger partial charge >= 0.3 is 0 Å². The number of amides is 1. The highest BCUT2D eigenvalue weighted by Gasteiger charge is 2.34. The third-order valence-electron chi connectivity index (χ3n) is 5.55. The summed E-state index contributed by atoms with van der Waals surface area (Å²) in [4.78, 5) is 31.3. The summed E-state index contributed by atoms with van der Waals surface area (Å²) < 4.78 is 28.3. The second-order valence-electron chi connectivity index (χ2n) is 7.47. The fourth-order valence-corrected chi connectivity index (χ4v) is 4.29. The van der Waals surface area contributed by atoms with E-state index in [2.05, 4.69) is 10.3 Å². The number of aromatic amines is 1. The quantitative estimate of drug-likeness (QED) is 0.557. The molecule has 2 N–H and O–H groups in total. The zero-order valence-electron chi connectivity index (χ0n) is 16.2. The molecule has 3 aromatic rings. The number of hydrogen-bond acceptors (Lipinski definition) is 4. The SMILES string of the molecule is O=C1c2cc(F)c(F)cc2N2CN1c1ccc(=O)[nH]c1CCNCc1cc(Cl)ccc12. The second-order valence-corrected chi connectivity index (χ2v) is 7.91. The topological polar surface area (TPSA) is 68.4 Å². The summed E-state index contributed by atoms with van der Waals surface area (Å²) in [5.41, 5.74) is 2.70. The van der Waals surface area contributed by atoms with Gasteiger partial charge in [-0.05, 0) is 35.9 Å². The number of halogens is 3. The third kappa shape index (κ3) is 3.37. The van der Waals surface area contributed by atoms with Gasteiger partial charge in [0.2, 0.25) is 5.56 Å². The fourth-order valence-electron chi connectivity index (χ4n) is 4.10. The molecule has 2 bridgehead atoms. The largest absolute Gasteiger partial charge is 0.324 e. The number of aromatic nitrogens is 1. The van der Waals surface area contributed by atoms with Crippen LogP contribution in [-0.2, 0) is 13.0 Å². The average Bonchev–Trinajstić information content (AvgIpc) is 2.76. The van der Waals surface area contributed by atoms with E-state index in [9.17, 15) is 18.4 Å². The maximum Gasteiger partial charge on any atom is 0.262 e. The van der Waals surface area contributed by atoms with Crippen LogP contribution < -0.4 is 20.7 Å². The molecule has 1 aromatic heterocycles. The number of benzene rings is 2. The lowest BCUT2D eigenvalue weighted by Crippen LogP contribution is -2.46. The first-order chi connectivity index (χ1) is 14.9. The summed E-state index contributed by atoms with van der Waals surface area (Å²) in [5.74, 6) is -2.60. The predicted octanol–water partition coefficient (Wildman–Crippen LogP) is 3.71. The van der Waals surface area contributed by atoms with Crippen LogP contribution in [0.15, 0.2) is 47.3 Å². The van der Waals surface area contributed by atoms with E-state index < -0.39 is 17.5 Å².